The maximum absolute atomic E-state index is 11.7. The van der Waals surface area contributed by atoms with Crippen LogP contribution in [0.15, 0.2) is 0 Å². The average molecular weight is 199 g/mol. The summed E-state index contributed by atoms with van der Waals surface area (Å²) in [4.78, 5) is 14.0. The van der Waals surface area contributed by atoms with Crippen LogP contribution in [-0.2, 0) is 4.79 Å². The van der Waals surface area contributed by atoms with Crippen LogP contribution >= 0.6 is 0 Å². The zero-order chi connectivity index (χ0) is 10.4. The number of hydrogen-bond donors (Lipinski definition) is 2. The van der Waals surface area contributed by atoms with Crippen LogP contribution in [0.3, 0.4) is 0 Å². The van der Waals surface area contributed by atoms with E-state index in [-0.39, 0.29) is 11.9 Å². The van der Waals surface area contributed by atoms with Crippen molar-refractivity contribution in [3.8, 4) is 0 Å². The van der Waals surface area contributed by atoms with E-state index in [1.165, 1.54) is 0 Å². The van der Waals surface area contributed by atoms with Gasteiger partial charge >= 0.3 is 0 Å². The molecular weight excluding hydrogens is 178 g/mol. The molecule has 1 fully saturated rings. The van der Waals surface area contributed by atoms with Crippen molar-refractivity contribution in [2.24, 2.45) is 5.73 Å². The highest BCUT2D eigenvalue weighted by atomic mass is 16.2. The van der Waals surface area contributed by atoms with Crippen LogP contribution in [0.1, 0.15) is 26.2 Å². The number of hydrogen-bond acceptors (Lipinski definition) is 3. The number of nitrogens with one attached hydrogen (secondary N) is 1. The van der Waals surface area contributed by atoms with Gasteiger partial charge in [-0.1, -0.05) is 6.92 Å². The maximum Gasteiger partial charge on any atom is 0.237 e. The molecule has 4 nitrogen and oxygen atoms in total. The highest BCUT2D eigenvalue weighted by Gasteiger charge is 2.29. The zero-order valence-corrected chi connectivity index (χ0v) is 8.96. The van der Waals surface area contributed by atoms with Crippen LogP contribution in [-0.4, -0.2) is 43.0 Å². The molecular formula is C10H21N3O. The van der Waals surface area contributed by atoms with E-state index in [9.17, 15) is 4.79 Å². The van der Waals surface area contributed by atoms with E-state index >= 15 is 0 Å². The van der Waals surface area contributed by atoms with E-state index in [0.29, 0.717) is 13.1 Å². The summed E-state index contributed by atoms with van der Waals surface area (Å²) in [5.41, 5.74) is 5.34. The number of amides is 1. The Morgan fingerprint density at radius 3 is 3.07 bits per heavy atom. The van der Waals surface area contributed by atoms with Crippen LogP contribution in [0.4, 0.5) is 0 Å². The second-order valence-electron chi connectivity index (χ2n) is 3.77. The minimum atomic E-state index is 0.0986. The highest BCUT2D eigenvalue weighted by Crippen LogP contribution is 2.17. The molecule has 1 rings (SSSR count). The second-order valence-corrected chi connectivity index (χ2v) is 3.77. The second kappa shape index (κ2) is 5.98. The third kappa shape index (κ3) is 2.96. The van der Waals surface area contributed by atoms with Crippen LogP contribution < -0.4 is 11.1 Å². The fourth-order valence-corrected chi connectivity index (χ4v) is 1.99. The van der Waals surface area contributed by atoms with Crippen LogP contribution in [0.5, 0.6) is 0 Å². The van der Waals surface area contributed by atoms with Gasteiger partial charge in [0.15, 0.2) is 0 Å². The standard InChI is InChI=1S/C10H21N3O/c1-2-7-13-8-3-4-9(13)10(14)12-6-5-11/h9H,2-8,11H2,1H3,(H,12,14). The van der Waals surface area contributed by atoms with Crippen LogP contribution in [0.2, 0.25) is 0 Å². The summed E-state index contributed by atoms with van der Waals surface area (Å²) in [6, 6.07) is 0.0986. The van der Waals surface area contributed by atoms with Gasteiger partial charge in [-0.2, -0.15) is 0 Å². The predicted molar refractivity (Wildman–Crippen MR) is 57.0 cm³/mol. The molecule has 1 unspecified atom stereocenters. The monoisotopic (exact) mass is 199 g/mol. The lowest BCUT2D eigenvalue weighted by Gasteiger charge is -2.22. The van der Waals surface area contributed by atoms with E-state index in [0.717, 1.165) is 32.4 Å². The zero-order valence-electron chi connectivity index (χ0n) is 8.96. The Kier molecular flexibility index (Phi) is 4.90. The molecule has 0 aromatic rings. The number of likely N-dealkylation sites (tertiary alicyclic amines) is 1. The van der Waals surface area contributed by atoms with Gasteiger partial charge in [0.05, 0.1) is 6.04 Å². The molecule has 1 atom stereocenters. The van der Waals surface area contributed by atoms with Crippen molar-refractivity contribution in [3.05, 3.63) is 0 Å². The minimum Gasteiger partial charge on any atom is -0.353 e. The van der Waals surface area contributed by atoms with Crippen LogP contribution in [0, 0.1) is 0 Å². The van der Waals surface area contributed by atoms with Crippen molar-refractivity contribution in [3.63, 3.8) is 0 Å². The van der Waals surface area contributed by atoms with Crippen LogP contribution in [0.25, 0.3) is 0 Å². The van der Waals surface area contributed by atoms with Gasteiger partial charge in [-0.3, -0.25) is 9.69 Å². The van der Waals surface area contributed by atoms with Crippen molar-refractivity contribution in [2.75, 3.05) is 26.2 Å². The molecule has 1 saturated heterocycles. The Morgan fingerprint density at radius 1 is 1.64 bits per heavy atom. The lowest BCUT2D eigenvalue weighted by molar-refractivity contribution is -0.125. The van der Waals surface area contributed by atoms with Crippen molar-refractivity contribution in [1.29, 1.82) is 0 Å². The highest BCUT2D eigenvalue weighted by molar-refractivity contribution is 5.82. The number of rotatable bonds is 5. The number of nitrogens with two attached hydrogens (primary N) is 1. The van der Waals surface area contributed by atoms with E-state index in [2.05, 4.69) is 17.1 Å². The molecule has 1 aliphatic heterocycles. The summed E-state index contributed by atoms with van der Waals surface area (Å²) in [7, 11) is 0. The first kappa shape index (κ1) is 11.5. The van der Waals surface area contributed by atoms with Gasteiger partial charge in [-0.25, -0.2) is 0 Å². The average Bonchev–Trinajstić information content (AvgIpc) is 2.63. The molecule has 0 aliphatic carbocycles. The molecule has 0 aromatic carbocycles. The Morgan fingerprint density at radius 2 is 2.43 bits per heavy atom. The molecule has 1 aliphatic rings. The van der Waals surface area contributed by atoms with E-state index in [1.54, 1.807) is 0 Å². The van der Waals surface area contributed by atoms with Crippen molar-refractivity contribution in [1.82, 2.24) is 10.2 Å². The fourth-order valence-electron chi connectivity index (χ4n) is 1.99. The maximum atomic E-state index is 11.7. The molecule has 82 valence electrons. The van der Waals surface area contributed by atoms with Crippen molar-refractivity contribution >= 4 is 5.91 Å². The lowest BCUT2D eigenvalue weighted by Crippen LogP contribution is -2.44. The molecule has 14 heavy (non-hydrogen) atoms. The van der Waals surface area contributed by atoms with Gasteiger partial charge in [-0.15, -0.1) is 0 Å². The Bertz CT molecular complexity index is 184. The minimum absolute atomic E-state index is 0.0986. The summed E-state index contributed by atoms with van der Waals surface area (Å²) < 4.78 is 0. The van der Waals surface area contributed by atoms with Gasteiger partial charge in [0.25, 0.3) is 0 Å². The third-order valence-electron chi connectivity index (χ3n) is 2.62. The molecule has 0 bridgehead atoms. The van der Waals surface area contributed by atoms with Gasteiger partial charge < -0.3 is 11.1 Å². The smallest absolute Gasteiger partial charge is 0.237 e. The number of carbonyl (C=O) groups excluding carboxylic acids is 1. The summed E-state index contributed by atoms with van der Waals surface area (Å²) in [6.45, 7) is 5.35. The van der Waals surface area contributed by atoms with E-state index < -0.39 is 0 Å². The largest absolute Gasteiger partial charge is 0.353 e. The molecule has 4 heteroatoms. The molecule has 1 heterocycles. The summed E-state index contributed by atoms with van der Waals surface area (Å²) in [5, 5.41) is 2.86. The predicted octanol–water partition coefficient (Wildman–Crippen LogP) is -0.0643. The van der Waals surface area contributed by atoms with Gasteiger partial charge in [0.1, 0.15) is 0 Å². The first-order chi connectivity index (χ1) is 6.79. The van der Waals surface area contributed by atoms with E-state index in [4.69, 9.17) is 5.73 Å². The first-order valence-electron chi connectivity index (χ1n) is 5.51. The summed E-state index contributed by atoms with van der Waals surface area (Å²) in [6.07, 6.45) is 3.25. The quantitative estimate of drug-likeness (QED) is 0.652. The Balaban J connectivity index is 2.36. The SMILES string of the molecule is CCCN1CCCC1C(=O)NCCN. The summed E-state index contributed by atoms with van der Waals surface area (Å²) >= 11 is 0. The Hall–Kier alpha value is -0.610. The van der Waals surface area contributed by atoms with Crippen molar-refractivity contribution < 1.29 is 4.79 Å². The molecule has 0 saturated carbocycles. The number of carbonyl (C=O) groups is 1. The molecule has 0 radical (unpaired) electrons. The Labute approximate surface area is 85.8 Å². The molecule has 0 spiro atoms. The topological polar surface area (TPSA) is 58.4 Å². The normalized spacial score (nSPS) is 22.6. The number of nitrogens with zero attached hydrogens (tertiary/aromatic N) is 1. The third-order valence-corrected chi connectivity index (χ3v) is 2.62. The van der Waals surface area contributed by atoms with Gasteiger partial charge in [0, 0.05) is 13.1 Å². The molecule has 0 aromatic heterocycles. The van der Waals surface area contributed by atoms with Crippen molar-refractivity contribution in [2.45, 2.75) is 32.2 Å². The van der Waals surface area contributed by atoms with E-state index in [1.807, 2.05) is 0 Å². The molecule has 1 amide bonds. The fraction of sp³-hybridized carbons (Fsp3) is 0.900. The molecule has 3 N–H and O–H groups in total. The van der Waals surface area contributed by atoms with Gasteiger partial charge in [-0.05, 0) is 32.4 Å². The first-order valence-corrected chi connectivity index (χ1v) is 5.51. The summed E-state index contributed by atoms with van der Waals surface area (Å²) in [5.74, 6) is 0.154. The van der Waals surface area contributed by atoms with Gasteiger partial charge in [0.2, 0.25) is 5.91 Å². The lowest BCUT2D eigenvalue weighted by atomic mass is 10.2.